The molecule has 1 amide bonds. The molecule has 1 aromatic rings. The second-order valence-electron chi connectivity index (χ2n) is 1.94. The highest BCUT2D eigenvalue weighted by atomic mass is 16.5. The van der Waals surface area contributed by atoms with Gasteiger partial charge in [-0.3, -0.25) is 9.59 Å². The average molecular weight is 156 g/mol. The molecule has 0 saturated carbocycles. The van der Waals surface area contributed by atoms with Gasteiger partial charge in [-0.15, -0.1) is 0 Å². The summed E-state index contributed by atoms with van der Waals surface area (Å²) in [7, 11) is 0. The smallest absolute Gasteiger partial charge is 0.292 e. The Kier molecular flexibility index (Phi) is 2.10. The van der Waals surface area contributed by atoms with E-state index in [2.05, 4.69) is 9.84 Å². The third-order valence-corrected chi connectivity index (χ3v) is 1.15. The van der Waals surface area contributed by atoms with Crippen LogP contribution in [0.1, 0.15) is 17.3 Å². The molecule has 0 unspecified atom stereocenters. The molecule has 60 valence electrons. The summed E-state index contributed by atoms with van der Waals surface area (Å²) < 4.78 is 4.41. The van der Waals surface area contributed by atoms with Crippen LogP contribution in [0.5, 0.6) is 0 Å². The predicted molar refractivity (Wildman–Crippen MR) is 37.3 cm³/mol. The van der Waals surface area contributed by atoms with Crippen molar-refractivity contribution in [3.8, 4) is 0 Å². The molecule has 0 fully saturated rings. The normalized spacial score (nSPS) is 9.55. The molecule has 0 aliphatic carbocycles. The average Bonchev–Trinajstić information content (AvgIpc) is 2.36. The van der Waals surface area contributed by atoms with Crippen molar-refractivity contribution < 1.29 is 9.32 Å². The molecule has 5 nitrogen and oxygen atoms in total. The van der Waals surface area contributed by atoms with Gasteiger partial charge in [-0.2, -0.15) is 5.16 Å². The number of hydrogen-bond donors (Lipinski definition) is 2. The van der Waals surface area contributed by atoms with Gasteiger partial charge in [0.25, 0.3) is 11.5 Å². The maximum atomic E-state index is 10.9. The molecule has 0 bridgehead atoms. The Morgan fingerprint density at radius 3 is 3.00 bits per heavy atom. The highest BCUT2D eigenvalue weighted by molar-refractivity contribution is 5.93. The van der Waals surface area contributed by atoms with Crippen molar-refractivity contribution in [2.45, 2.75) is 6.92 Å². The first-order valence-corrected chi connectivity index (χ1v) is 3.20. The van der Waals surface area contributed by atoms with Crippen molar-refractivity contribution in [3.63, 3.8) is 0 Å². The molecular formula is C6H8N2O3. The molecular weight excluding hydrogens is 148 g/mol. The number of aromatic nitrogens is 1. The Morgan fingerprint density at radius 1 is 1.82 bits per heavy atom. The number of hydrogen-bond acceptors (Lipinski definition) is 3. The van der Waals surface area contributed by atoms with Crippen molar-refractivity contribution in [1.82, 2.24) is 10.5 Å². The van der Waals surface area contributed by atoms with Gasteiger partial charge < -0.3 is 9.84 Å². The van der Waals surface area contributed by atoms with E-state index in [0.717, 1.165) is 6.26 Å². The lowest BCUT2D eigenvalue weighted by atomic mass is 10.3. The fourth-order valence-corrected chi connectivity index (χ4v) is 0.663. The predicted octanol–water partition coefficient (Wildman–Crippen LogP) is -0.282. The number of carbonyl (C=O) groups is 1. The molecule has 0 saturated heterocycles. The summed E-state index contributed by atoms with van der Waals surface area (Å²) in [6, 6.07) is 0. The number of carbonyl (C=O) groups excluding carboxylic acids is 1. The van der Waals surface area contributed by atoms with Gasteiger partial charge in [0.1, 0.15) is 11.8 Å². The first-order valence-electron chi connectivity index (χ1n) is 3.20. The summed E-state index contributed by atoms with van der Waals surface area (Å²) in [6.45, 7) is 2.26. The van der Waals surface area contributed by atoms with Crippen molar-refractivity contribution in [3.05, 3.63) is 22.2 Å². The van der Waals surface area contributed by atoms with Crippen LogP contribution < -0.4 is 10.9 Å². The van der Waals surface area contributed by atoms with Gasteiger partial charge in [-0.05, 0) is 6.92 Å². The molecule has 2 N–H and O–H groups in total. The van der Waals surface area contributed by atoms with E-state index < -0.39 is 11.5 Å². The summed E-state index contributed by atoms with van der Waals surface area (Å²) in [5, 5.41) is 4.49. The van der Waals surface area contributed by atoms with E-state index in [0.29, 0.717) is 6.54 Å². The lowest BCUT2D eigenvalue weighted by Crippen LogP contribution is -2.26. The van der Waals surface area contributed by atoms with E-state index in [1.54, 1.807) is 6.92 Å². The Hall–Kier alpha value is -1.52. The summed E-state index contributed by atoms with van der Waals surface area (Å²) in [6.07, 6.45) is 1.09. The number of aromatic amines is 1. The molecule has 1 rings (SSSR count). The van der Waals surface area contributed by atoms with Gasteiger partial charge in [0.05, 0.1) is 0 Å². The fraction of sp³-hybridized carbons (Fsp3) is 0.333. The first kappa shape index (κ1) is 7.59. The third-order valence-electron chi connectivity index (χ3n) is 1.15. The molecule has 0 aromatic carbocycles. The van der Waals surface area contributed by atoms with Crippen LogP contribution >= 0.6 is 0 Å². The van der Waals surface area contributed by atoms with Crippen molar-refractivity contribution >= 4 is 5.91 Å². The van der Waals surface area contributed by atoms with Crippen molar-refractivity contribution in [2.75, 3.05) is 6.54 Å². The number of rotatable bonds is 2. The topological polar surface area (TPSA) is 75.1 Å². The quantitative estimate of drug-likeness (QED) is 0.618. The van der Waals surface area contributed by atoms with Gasteiger partial charge in [0.15, 0.2) is 0 Å². The van der Waals surface area contributed by atoms with E-state index in [1.165, 1.54) is 0 Å². The molecule has 11 heavy (non-hydrogen) atoms. The van der Waals surface area contributed by atoms with Crippen LogP contribution in [-0.4, -0.2) is 17.6 Å². The molecule has 1 heterocycles. The maximum absolute atomic E-state index is 10.9. The number of nitrogens with one attached hydrogen (secondary N) is 2. The lowest BCUT2D eigenvalue weighted by molar-refractivity contribution is 0.0954. The zero-order valence-corrected chi connectivity index (χ0v) is 6.01. The van der Waals surface area contributed by atoms with Gasteiger partial charge in [0, 0.05) is 6.54 Å². The van der Waals surface area contributed by atoms with Crippen LogP contribution in [-0.2, 0) is 0 Å². The van der Waals surface area contributed by atoms with E-state index in [-0.39, 0.29) is 5.56 Å². The largest absolute Gasteiger partial charge is 0.386 e. The first-order chi connectivity index (χ1) is 5.25. The van der Waals surface area contributed by atoms with Crippen LogP contribution in [0.4, 0.5) is 0 Å². The molecule has 0 spiro atoms. The van der Waals surface area contributed by atoms with Crippen LogP contribution in [0, 0.1) is 0 Å². The molecule has 0 aliphatic heterocycles. The maximum Gasteiger partial charge on any atom is 0.292 e. The lowest BCUT2D eigenvalue weighted by Gasteiger charge is -1.94. The van der Waals surface area contributed by atoms with Crippen LogP contribution in [0.15, 0.2) is 15.6 Å². The summed E-state index contributed by atoms with van der Waals surface area (Å²) in [4.78, 5) is 21.7. The number of H-pyrrole nitrogens is 1. The zero-order valence-electron chi connectivity index (χ0n) is 6.01. The highest BCUT2D eigenvalue weighted by Crippen LogP contribution is 1.87. The van der Waals surface area contributed by atoms with Gasteiger partial charge in [-0.1, -0.05) is 0 Å². The van der Waals surface area contributed by atoms with Crippen molar-refractivity contribution in [2.24, 2.45) is 0 Å². The van der Waals surface area contributed by atoms with Crippen LogP contribution in [0.3, 0.4) is 0 Å². The fourth-order valence-electron chi connectivity index (χ4n) is 0.663. The van der Waals surface area contributed by atoms with E-state index in [4.69, 9.17) is 0 Å². The number of amides is 1. The molecule has 0 atom stereocenters. The minimum atomic E-state index is -0.504. The zero-order chi connectivity index (χ0) is 8.27. The molecule has 0 aliphatic rings. The highest BCUT2D eigenvalue weighted by Gasteiger charge is 2.10. The van der Waals surface area contributed by atoms with Crippen molar-refractivity contribution in [1.29, 1.82) is 0 Å². The summed E-state index contributed by atoms with van der Waals surface area (Å²) >= 11 is 0. The van der Waals surface area contributed by atoms with E-state index >= 15 is 0 Å². The van der Waals surface area contributed by atoms with Gasteiger partial charge in [-0.25, -0.2) is 0 Å². The minimum Gasteiger partial charge on any atom is -0.386 e. The van der Waals surface area contributed by atoms with Gasteiger partial charge >= 0.3 is 0 Å². The molecule has 0 radical (unpaired) electrons. The van der Waals surface area contributed by atoms with E-state index in [9.17, 15) is 9.59 Å². The third kappa shape index (κ3) is 1.49. The standard InChI is InChI=1S/C6H8N2O3/c1-2-7-5(9)4-3-11-8-6(4)10/h3H,2H2,1H3,(H,7,9)(H,8,10). The Morgan fingerprint density at radius 2 is 2.55 bits per heavy atom. The summed E-state index contributed by atoms with van der Waals surface area (Å²) in [5.41, 5.74) is -0.497. The summed E-state index contributed by atoms with van der Waals surface area (Å²) in [5.74, 6) is -0.414. The van der Waals surface area contributed by atoms with E-state index in [1.807, 2.05) is 5.16 Å². The van der Waals surface area contributed by atoms with Crippen LogP contribution in [0.25, 0.3) is 0 Å². The van der Waals surface area contributed by atoms with Gasteiger partial charge in [0.2, 0.25) is 0 Å². The molecule has 5 heteroatoms. The molecule has 1 aromatic heterocycles. The second kappa shape index (κ2) is 3.05. The Bertz CT molecular complexity index is 299. The SMILES string of the molecule is CCNC(=O)c1co[nH]c1=O. The van der Waals surface area contributed by atoms with Crippen LogP contribution in [0.2, 0.25) is 0 Å². The monoisotopic (exact) mass is 156 g/mol. The minimum absolute atomic E-state index is 0.00634. The Labute approximate surface area is 62.4 Å². The second-order valence-corrected chi connectivity index (χ2v) is 1.94. The Balaban J connectivity index is 2.85.